The topological polar surface area (TPSA) is 49.4 Å². The summed E-state index contributed by atoms with van der Waals surface area (Å²) in [5.41, 5.74) is 1.88. The number of carbonyl (C=O) groups is 2. The van der Waals surface area contributed by atoms with Crippen molar-refractivity contribution in [3.8, 4) is 0 Å². The van der Waals surface area contributed by atoms with Crippen LogP contribution in [-0.4, -0.2) is 28.1 Å². The lowest BCUT2D eigenvalue weighted by molar-refractivity contribution is -0.121. The van der Waals surface area contributed by atoms with Gasteiger partial charge in [-0.25, -0.2) is 0 Å². The maximum atomic E-state index is 12.3. The lowest BCUT2D eigenvalue weighted by Crippen LogP contribution is -2.22. The summed E-state index contributed by atoms with van der Waals surface area (Å²) in [6, 6.07) is 14.0. The van der Waals surface area contributed by atoms with E-state index in [4.69, 9.17) is 23.8 Å². The van der Waals surface area contributed by atoms with Crippen molar-refractivity contribution in [3.05, 3.63) is 69.6 Å². The van der Waals surface area contributed by atoms with Crippen LogP contribution in [0.5, 0.6) is 0 Å². The molecule has 0 aliphatic carbocycles. The van der Waals surface area contributed by atoms with Gasteiger partial charge in [0.1, 0.15) is 4.32 Å². The molecular weight excluding hydrogens is 376 g/mol. The normalized spacial score (nSPS) is 15.8. The van der Waals surface area contributed by atoms with Crippen molar-refractivity contribution in [2.24, 2.45) is 0 Å². The van der Waals surface area contributed by atoms with Crippen LogP contribution in [-0.2, 0) is 4.79 Å². The summed E-state index contributed by atoms with van der Waals surface area (Å²) in [4.78, 5) is 26.3. The molecule has 126 valence electrons. The number of para-hydroxylation sites is 1. The molecule has 7 heteroatoms. The van der Waals surface area contributed by atoms with Gasteiger partial charge < -0.3 is 5.32 Å². The van der Waals surface area contributed by atoms with Gasteiger partial charge in [0.05, 0.1) is 15.6 Å². The van der Waals surface area contributed by atoms with Gasteiger partial charge in [-0.15, -0.1) is 0 Å². The Kier molecular flexibility index (Phi) is 5.22. The van der Waals surface area contributed by atoms with E-state index < -0.39 is 0 Å². The molecule has 1 N–H and O–H groups in total. The van der Waals surface area contributed by atoms with Crippen LogP contribution >= 0.6 is 35.6 Å². The van der Waals surface area contributed by atoms with Crippen molar-refractivity contribution < 1.29 is 9.59 Å². The van der Waals surface area contributed by atoms with Gasteiger partial charge in [-0.3, -0.25) is 14.5 Å². The van der Waals surface area contributed by atoms with Crippen molar-refractivity contribution >= 4 is 63.5 Å². The number of amides is 2. The first-order valence-electron chi connectivity index (χ1n) is 7.33. The fourth-order valence-electron chi connectivity index (χ4n) is 2.18. The second kappa shape index (κ2) is 7.39. The van der Waals surface area contributed by atoms with E-state index in [1.807, 2.05) is 0 Å². The van der Waals surface area contributed by atoms with Gasteiger partial charge in [0, 0.05) is 12.6 Å². The van der Waals surface area contributed by atoms with E-state index in [1.165, 1.54) is 16.7 Å². The predicted octanol–water partition coefficient (Wildman–Crippen LogP) is 4.42. The maximum absolute atomic E-state index is 12.3. The monoisotopic (exact) mass is 388 g/mol. The lowest BCUT2D eigenvalue weighted by Gasteiger charge is -2.07. The SMILES string of the molecule is CN1C(=O)/C(=C/c2ccc(C(=O)Nc3ccccc3Cl)cc2)SC1=S. The highest BCUT2D eigenvalue weighted by Crippen LogP contribution is 2.31. The van der Waals surface area contributed by atoms with Gasteiger partial charge in [-0.2, -0.15) is 0 Å². The molecule has 4 nitrogen and oxygen atoms in total. The van der Waals surface area contributed by atoms with Crippen molar-refractivity contribution in [3.63, 3.8) is 0 Å². The van der Waals surface area contributed by atoms with Crippen molar-refractivity contribution in [1.82, 2.24) is 4.90 Å². The number of rotatable bonds is 3. The maximum Gasteiger partial charge on any atom is 0.265 e. The lowest BCUT2D eigenvalue weighted by atomic mass is 10.1. The molecule has 3 rings (SSSR count). The van der Waals surface area contributed by atoms with Crippen LogP contribution in [0.25, 0.3) is 6.08 Å². The third kappa shape index (κ3) is 3.92. The first-order valence-corrected chi connectivity index (χ1v) is 8.93. The van der Waals surface area contributed by atoms with E-state index in [0.29, 0.717) is 25.5 Å². The number of likely N-dealkylation sites (N-methyl/N-ethyl adjacent to an activating group) is 1. The van der Waals surface area contributed by atoms with E-state index in [9.17, 15) is 9.59 Å². The number of benzene rings is 2. The molecule has 2 aromatic rings. The summed E-state index contributed by atoms with van der Waals surface area (Å²) < 4.78 is 0.534. The summed E-state index contributed by atoms with van der Waals surface area (Å²) in [6.07, 6.45) is 1.76. The number of carbonyl (C=O) groups excluding carboxylic acids is 2. The zero-order valence-electron chi connectivity index (χ0n) is 13.2. The zero-order chi connectivity index (χ0) is 18.0. The van der Waals surface area contributed by atoms with E-state index in [1.54, 1.807) is 61.7 Å². The molecule has 0 atom stereocenters. The molecule has 0 bridgehead atoms. The van der Waals surface area contributed by atoms with Crippen molar-refractivity contribution in [1.29, 1.82) is 0 Å². The Morgan fingerprint density at radius 3 is 2.48 bits per heavy atom. The Morgan fingerprint density at radius 1 is 1.20 bits per heavy atom. The minimum atomic E-state index is -0.250. The zero-order valence-corrected chi connectivity index (χ0v) is 15.5. The minimum Gasteiger partial charge on any atom is -0.321 e. The molecule has 2 amide bonds. The largest absolute Gasteiger partial charge is 0.321 e. The fraction of sp³-hybridized carbons (Fsp3) is 0.0556. The highest BCUT2D eigenvalue weighted by molar-refractivity contribution is 8.26. The van der Waals surface area contributed by atoms with Crippen LogP contribution in [0.4, 0.5) is 5.69 Å². The molecule has 1 heterocycles. The van der Waals surface area contributed by atoms with Gasteiger partial charge in [0.15, 0.2) is 0 Å². The Bertz CT molecular complexity index is 894. The van der Waals surface area contributed by atoms with E-state index >= 15 is 0 Å². The van der Waals surface area contributed by atoms with Gasteiger partial charge in [-0.05, 0) is 35.9 Å². The Balaban J connectivity index is 1.74. The van der Waals surface area contributed by atoms with Crippen LogP contribution < -0.4 is 5.32 Å². The third-order valence-corrected chi connectivity index (χ3v) is 5.39. The summed E-state index contributed by atoms with van der Waals surface area (Å²) in [7, 11) is 1.65. The van der Waals surface area contributed by atoms with Gasteiger partial charge in [-0.1, -0.05) is 59.8 Å². The molecule has 1 aliphatic heterocycles. The molecule has 0 spiro atoms. The van der Waals surface area contributed by atoms with Crippen LogP contribution in [0, 0.1) is 0 Å². The smallest absolute Gasteiger partial charge is 0.265 e. The van der Waals surface area contributed by atoms with E-state index in [-0.39, 0.29) is 11.8 Å². The quantitative estimate of drug-likeness (QED) is 0.624. The average Bonchev–Trinajstić information content (AvgIpc) is 2.84. The molecule has 0 aromatic heterocycles. The number of thioether (sulfide) groups is 1. The Hall–Kier alpha value is -2.15. The number of anilines is 1. The molecule has 1 aliphatic rings. The Labute approximate surface area is 159 Å². The standard InChI is InChI=1S/C18H13ClN2O2S2/c1-21-17(23)15(25-18(21)24)10-11-6-8-12(9-7-11)16(22)20-14-5-3-2-4-13(14)19/h2-10H,1H3,(H,20,22)/b15-10-. The van der Waals surface area contributed by atoms with E-state index in [0.717, 1.165) is 5.56 Å². The van der Waals surface area contributed by atoms with Gasteiger partial charge in [0.2, 0.25) is 0 Å². The summed E-state index contributed by atoms with van der Waals surface area (Å²) in [5.74, 6) is -0.366. The van der Waals surface area contributed by atoms with Gasteiger partial charge in [0.25, 0.3) is 11.8 Å². The molecule has 2 aromatic carbocycles. The highest BCUT2D eigenvalue weighted by Gasteiger charge is 2.28. The molecular formula is C18H13ClN2O2S2. The van der Waals surface area contributed by atoms with Crippen LogP contribution in [0.1, 0.15) is 15.9 Å². The van der Waals surface area contributed by atoms with E-state index in [2.05, 4.69) is 5.32 Å². The van der Waals surface area contributed by atoms with Gasteiger partial charge >= 0.3 is 0 Å². The summed E-state index contributed by atoms with van der Waals surface area (Å²) in [6.45, 7) is 0. The first kappa shape index (κ1) is 17.7. The molecule has 0 radical (unpaired) electrons. The second-order valence-electron chi connectivity index (χ2n) is 5.30. The first-order chi connectivity index (χ1) is 12.0. The number of nitrogens with one attached hydrogen (secondary N) is 1. The molecule has 1 fully saturated rings. The fourth-order valence-corrected chi connectivity index (χ4v) is 3.55. The third-order valence-electron chi connectivity index (χ3n) is 3.58. The van der Waals surface area contributed by atoms with Crippen molar-refractivity contribution in [2.45, 2.75) is 0 Å². The molecule has 1 saturated heterocycles. The Morgan fingerprint density at radius 2 is 1.88 bits per heavy atom. The number of hydrogen-bond acceptors (Lipinski definition) is 4. The number of nitrogens with zero attached hydrogens (tertiary/aromatic N) is 1. The highest BCUT2D eigenvalue weighted by atomic mass is 35.5. The molecule has 25 heavy (non-hydrogen) atoms. The summed E-state index contributed by atoms with van der Waals surface area (Å²) in [5, 5.41) is 3.25. The second-order valence-corrected chi connectivity index (χ2v) is 7.38. The molecule has 0 saturated carbocycles. The predicted molar refractivity (Wildman–Crippen MR) is 107 cm³/mol. The summed E-state index contributed by atoms with van der Waals surface area (Å²) >= 11 is 12.4. The average molecular weight is 389 g/mol. The van der Waals surface area contributed by atoms with Crippen LogP contribution in [0.15, 0.2) is 53.4 Å². The van der Waals surface area contributed by atoms with Crippen LogP contribution in [0.2, 0.25) is 5.02 Å². The molecule has 0 unspecified atom stereocenters. The minimum absolute atomic E-state index is 0.115. The number of hydrogen-bond donors (Lipinski definition) is 1. The van der Waals surface area contributed by atoms with Crippen molar-refractivity contribution in [2.75, 3.05) is 12.4 Å². The number of thiocarbonyl (C=S) groups is 1. The number of halogens is 1. The van der Waals surface area contributed by atoms with Crippen LogP contribution in [0.3, 0.4) is 0 Å².